The van der Waals surface area contributed by atoms with E-state index in [-0.39, 0.29) is 19.4 Å². The second kappa shape index (κ2) is 14.4. The number of β-amino-alcohol motifs (C(OH)–C–C–N with tert-alkyl or cyclic N) is 1. The number of hydrazine groups is 1. The molecular formula is C35H44N6O4. The van der Waals surface area contributed by atoms with E-state index in [1.54, 1.807) is 0 Å². The Kier molecular flexibility index (Phi) is 10.6. The third-order valence-corrected chi connectivity index (χ3v) is 7.94. The van der Waals surface area contributed by atoms with E-state index in [0.717, 1.165) is 22.3 Å². The van der Waals surface area contributed by atoms with Crippen molar-refractivity contribution in [2.24, 2.45) is 22.7 Å². The Hall–Kier alpha value is -4.67. The van der Waals surface area contributed by atoms with E-state index in [2.05, 4.69) is 5.32 Å². The van der Waals surface area contributed by atoms with Crippen molar-refractivity contribution in [3.63, 3.8) is 0 Å². The SMILES string of the molecule is CC(C)(C)[C@@H](C(=O)N1C[C@H](O)C[C@H]1C(=O)N[C@H](Cc1ccc(-c2ccccc2)cc1)C(N)=O)N(N)/C=C(\N)Cc1ccccc1. The first kappa shape index (κ1) is 33.2. The molecule has 1 aliphatic rings. The number of benzene rings is 3. The molecule has 0 saturated carbocycles. The number of allylic oxidation sites excluding steroid dienone is 1. The van der Waals surface area contributed by atoms with Gasteiger partial charge >= 0.3 is 0 Å². The van der Waals surface area contributed by atoms with Crippen LogP contribution in [0.3, 0.4) is 0 Å². The van der Waals surface area contributed by atoms with Gasteiger partial charge in [0.1, 0.15) is 18.1 Å². The van der Waals surface area contributed by atoms with Gasteiger partial charge < -0.3 is 31.8 Å². The van der Waals surface area contributed by atoms with Crippen LogP contribution in [0.5, 0.6) is 0 Å². The fourth-order valence-corrected chi connectivity index (χ4v) is 5.74. The number of nitrogens with one attached hydrogen (secondary N) is 1. The van der Waals surface area contributed by atoms with Gasteiger partial charge in [-0.25, -0.2) is 5.84 Å². The average Bonchev–Trinajstić information content (AvgIpc) is 3.39. The molecule has 0 spiro atoms. The number of likely N-dealkylation sites (tertiary alicyclic amines) is 1. The van der Waals surface area contributed by atoms with Gasteiger partial charge in [0.15, 0.2) is 0 Å². The first-order valence-electron chi connectivity index (χ1n) is 15.1. The summed E-state index contributed by atoms with van der Waals surface area (Å²) in [4.78, 5) is 41.4. The molecule has 0 aliphatic carbocycles. The van der Waals surface area contributed by atoms with Crippen LogP contribution in [0.25, 0.3) is 11.1 Å². The number of aliphatic hydroxyl groups is 1. The predicted molar refractivity (Wildman–Crippen MR) is 175 cm³/mol. The van der Waals surface area contributed by atoms with Crippen molar-refractivity contribution >= 4 is 17.7 Å². The van der Waals surface area contributed by atoms with Crippen LogP contribution in [-0.2, 0) is 27.2 Å². The average molecular weight is 613 g/mol. The molecule has 8 N–H and O–H groups in total. The quantitative estimate of drug-likeness (QED) is 0.164. The predicted octanol–water partition coefficient (Wildman–Crippen LogP) is 2.46. The molecule has 0 unspecified atom stereocenters. The van der Waals surface area contributed by atoms with Gasteiger partial charge in [0.2, 0.25) is 17.7 Å². The van der Waals surface area contributed by atoms with Crippen LogP contribution in [0.1, 0.15) is 38.3 Å². The molecule has 0 radical (unpaired) electrons. The van der Waals surface area contributed by atoms with Crippen LogP contribution < -0.4 is 22.6 Å². The molecule has 45 heavy (non-hydrogen) atoms. The molecule has 1 saturated heterocycles. The van der Waals surface area contributed by atoms with Crippen molar-refractivity contribution in [3.05, 3.63) is 108 Å². The number of hydrogen-bond donors (Lipinski definition) is 5. The third-order valence-electron chi connectivity index (χ3n) is 7.94. The summed E-state index contributed by atoms with van der Waals surface area (Å²) in [6, 6.07) is 24.3. The first-order chi connectivity index (χ1) is 21.3. The number of amides is 3. The number of primary amides is 1. The van der Waals surface area contributed by atoms with E-state index in [1.165, 1.54) is 16.1 Å². The number of aliphatic hydroxyl groups excluding tert-OH is 1. The van der Waals surface area contributed by atoms with Crippen molar-refractivity contribution in [1.82, 2.24) is 15.2 Å². The normalized spacial score (nSPS) is 18.2. The summed E-state index contributed by atoms with van der Waals surface area (Å²) in [5.74, 6) is 4.74. The van der Waals surface area contributed by atoms with Crippen molar-refractivity contribution in [3.8, 4) is 11.1 Å². The summed E-state index contributed by atoms with van der Waals surface area (Å²) in [5.41, 5.74) is 15.7. The zero-order chi connectivity index (χ0) is 32.7. The van der Waals surface area contributed by atoms with Crippen LogP contribution in [0.2, 0.25) is 0 Å². The molecule has 238 valence electrons. The van der Waals surface area contributed by atoms with Crippen LogP contribution in [0.4, 0.5) is 0 Å². The molecule has 3 amide bonds. The van der Waals surface area contributed by atoms with Crippen LogP contribution >= 0.6 is 0 Å². The Balaban J connectivity index is 1.48. The first-order valence-corrected chi connectivity index (χ1v) is 15.1. The summed E-state index contributed by atoms with van der Waals surface area (Å²) in [7, 11) is 0. The van der Waals surface area contributed by atoms with E-state index in [9.17, 15) is 19.5 Å². The lowest BCUT2D eigenvalue weighted by molar-refractivity contribution is -0.145. The summed E-state index contributed by atoms with van der Waals surface area (Å²) < 4.78 is 0. The number of rotatable bonds is 11. The fraction of sp³-hybridized carbons (Fsp3) is 0.343. The van der Waals surface area contributed by atoms with Crippen molar-refractivity contribution < 1.29 is 19.5 Å². The highest BCUT2D eigenvalue weighted by Crippen LogP contribution is 2.29. The standard InChI is InChI=1S/C35H44N6O4/c1-35(2,3)31(41(38)21-27(36)18-23-10-6-4-7-11-23)34(45)40-22-28(42)20-30(40)33(44)39-29(32(37)43)19-24-14-16-26(17-15-24)25-12-8-5-9-13-25/h4-17,21,28-31,42H,18-20,22,36,38H2,1-3H3,(H2,37,43)(H,39,44)/b27-21-/t28-,29-,30+,31-/m1/s1. The molecule has 10 heteroatoms. The van der Waals surface area contributed by atoms with Crippen molar-refractivity contribution in [2.75, 3.05) is 6.54 Å². The molecule has 10 nitrogen and oxygen atoms in total. The maximum absolute atomic E-state index is 14.0. The van der Waals surface area contributed by atoms with Gasteiger partial charge in [-0.05, 0) is 27.7 Å². The van der Waals surface area contributed by atoms with E-state index < -0.39 is 47.4 Å². The van der Waals surface area contributed by atoms with Gasteiger partial charge in [0.25, 0.3) is 0 Å². The molecule has 3 aromatic rings. The van der Waals surface area contributed by atoms with Crippen LogP contribution in [0, 0.1) is 5.41 Å². The third kappa shape index (κ3) is 8.71. The minimum absolute atomic E-state index is 0.0161. The molecule has 4 rings (SSSR count). The molecule has 0 aromatic heterocycles. The van der Waals surface area contributed by atoms with Crippen LogP contribution in [-0.4, -0.2) is 63.5 Å². The van der Waals surface area contributed by atoms with Gasteiger partial charge in [0.05, 0.1) is 6.10 Å². The van der Waals surface area contributed by atoms with Gasteiger partial charge in [0, 0.05) is 37.7 Å². The molecule has 1 aliphatic heterocycles. The van der Waals surface area contributed by atoms with Gasteiger partial charge in [-0.1, -0.05) is 106 Å². The number of carbonyl (C=O) groups is 3. The van der Waals surface area contributed by atoms with Gasteiger partial charge in [-0.15, -0.1) is 0 Å². The van der Waals surface area contributed by atoms with Crippen molar-refractivity contribution in [1.29, 1.82) is 0 Å². The second-order valence-electron chi connectivity index (χ2n) is 12.7. The van der Waals surface area contributed by atoms with Gasteiger partial charge in [-0.2, -0.15) is 0 Å². The molecular weight excluding hydrogens is 568 g/mol. The minimum Gasteiger partial charge on any atom is -0.401 e. The number of carbonyl (C=O) groups excluding carboxylic acids is 3. The number of hydrogen-bond acceptors (Lipinski definition) is 7. The second-order valence-corrected chi connectivity index (χ2v) is 12.7. The monoisotopic (exact) mass is 612 g/mol. The maximum atomic E-state index is 14.0. The molecule has 0 bridgehead atoms. The minimum atomic E-state index is -1.02. The van der Waals surface area contributed by atoms with Crippen molar-refractivity contribution in [2.45, 2.75) is 64.3 Å². The Bertz CT molecular complexity index is 1490. The highest BCUT2D eigenvalue weighted by molar-refractivity contribution is 5.93. The smallest absolute Gasteiger partial charge is 0.248 e. The maximum Gasteiger partial charge on any atom is 0.248 e. The van der Waals surface area contributed by atoms with E-state index in [1.807, 2.05) is 106 Å². The fourth-order valence-electron chi connectivity index (χ4n) is 5.74. The zero-order valence-corrected chi connectivity index (χ0v) is 26.1. The van der Waals surface area contributed by atoms with E-state index in [4.69, 9.17) is 17.3 Å². The highest BCUT2D eigenvalue weighted by atomic mass is 16.3. The van der Waals surface area contributed by atoms with Crippen LogP contribution in [0.15, 0.2) is 96.8 Å². The summed E-state index contributed by atoms with van der Waals surface area (Å²) in [6.07, 6.45) is 1.24. The lowest BCUT2D eigenvalue weighted by Gasteiger charge is -2.39. The molecule has 1 heterocycles. The lowest BCUT2D eigenvalue weighted by atomic mass is 9.85. The largest absolute Gasteiger partial charge is 0.401 e. The number of nitrogens with two attached hydrogens (primary N) is 3. The Morgan fingerprint density at radius 1 is 0.933 bits per heavy atom. The Labute approximate surface area is 264 Å². The summed E-state index contributed by atoms with van der Waals surface area (Å²) in [6.45, 7) is 5.54. The Morgan fingerprint density at radius 3 is 2.09 bits per heavy atom. The summed E-state index contributed by atoms with van der Waals surface area (Å²) >= 11 is 0. The number of nitrogens with zero attached hydrogens (tertiary/aromatic N) is 2. The van der Waals surface area contributed by atoms with Gasteiger partial charge in [-0.3, -0.25) is 14.4 Å². The molecule has 4 atom stereocenters. The van der Waals surface area contributed by atoms with E-state index >= 15 is 0 Å². The lowest BCUT2D eigenvalue weighted by Crippen LogP contribution is -2.59. The summed E-state index contributed by atoms with van der Waals surface area (Å²) in [5, 5.41) is 14.6. The van der Waals surface area contributed by atoms with E-state index in [0.29, 0.717) is 12.1 Å². The molecule has 1 fully saturated rings. The topological polar surface area (TPSA) is 168 Å². The highest BCUT2D eigenvalue weighted by Gasteiger charge is 2.45. The zero-order valence-electron chi connectivity index (χ0n) is 26.1. The molecule has 3 aromatic carbocycles. The Morgan fingerprint density at radius 2 is 1.51 bits per heavy atom.